The predicted octanol–water partition coefficient (Wildman–Crippen LogP) is 6.16. The molecule has 1 heterocycles. The number of rotatable bonds is 7. The van der Waals surface area contributed by atoms with Crippen LogP contribution in [0.2, 0.25) is 0 Å². The molecule has 0 fully saturated rings. The number of aryl methyl sites for hydroxylation is 1. The minimum Gasteiger partial charge on any atom is -0.273 e. The van der Waals surface area contributed by atoms with Gasteiger partial charge in [-0.25, -0.2) is 0 Å². The molecule has 4 aromatic rings. The Kier molecular flexibility index (Phi) is 6.14. The Bertz CT molecular complexity index is 1010. The van der Waals surface area contributed by atoms with Crippen LogP contribution in [-0.4, -0.2) is 14.8 Å². The molecule has 28 heavy (non-hydrogen) atoms. The van der Waals surface area contributed by atoms with E-state index >= 15 is 0 Å². The lowest BCUT2D eigenvalue weighted by Gasteiger charge is -2.10. The maximum atomic E-state index is 4.51. The van der Waals surface area contributed by atoms with E-state index in [0.717, 1.165) is 28.2 Å². The van der Waals surface area contributed by atoms with Crippen LogP contribution in [0.5, 0.6) is 0 Å². The second-order valence-electron chi connectivity index (χ2n) is 6.45. The molecule has 0 saturated heterocycles. The van der Waals surface area contributed by atoms with Crippen LogP contribution in [0.1, 0.15) is 17.0 Å². The van der Waals surface area contributed by atoms with Gasteiger partial charge in [0.15, 0.2) is 5.16 Å². The minimum absolute atomic E-state index is 0.775. The molecule has 0 aliphatic carbocycles. The average Bonchev–Trinajstić information content (AvgIpc) is 3.16. The molecule has 0 atom stereocenters. The van der Waals surface area contributed by atoms with E-state index in [9.17, 15) is 0 Å². The summed E-state index contributed by atoms with van der Waals surface area (Å²) >= 11 is 3.51. The number of nitrogens with zero attached hydrogens (tertiary/aromatic N) is 3. The first-order valence-electron chi connectivity index (χ1n) is 9.15. The van der Waals surface area contributed by atoms with Crippen molar-refractivity contribution < 1.29 is 0 Å². The van der Waals surface area contributed by atoms with Gasteiger partial charge in [-0.2, -0.15) is 0 Å². The first kappa shape index (κ1) is 18.8. The van der Waals surface area contributed by atoms with E-state index in [-0.39, 0.29) is 0 Å². The summed E-state index contributed by atoms with van der Waals surface area (Å²) in [6.07, 6.45) is 0. The average molecular weight is 404 g/mol. The van der Waals surface area contributed by atoms with Gasteiger partial charge in [0.05, 0.1) is 5.75 Å². The molecule has 0 unspecified atom stereocenters. The quantitative estimate of drug-likeness (QED) is 0.346. The molecule has 0 amide bonds. The summed E-state index contributed by atoms with van der Waals surface area (Å²) < 4.78 is 2.18. The Morgan fingerprint density at radius 3 is 2.11 bits per heavy atom. The number of aromatic nitrogens is 3. The van der Waals surface area contributed by atoms with Crippen molar-refractivity contribution in [3.05, 3.63) is 102 Å². The van der Waals surface area contributed by atoms with Crippen LogP contribution in [0.15, 0.2) is 95.0 Å². The van der Waals surface area contributed by atoms with Crippen LogP contribution in [0.25, 0.3) is 5.69 Å². The minimum atomic E-state index is 0.775. The highest BCUT2D eigenvalue weighted by Gasteiger charge is 2.15. The van der Waals surface area contributed by atoms with Crippen molar-refractivity contribution in [3.63, 3.8) is 0 Å². The zero-order valence-corrected chi connectivity index (χ0v) is 17.3. The molecule has 0 N–H and O–H groups in total. The fourth-order valence-electron chi connectivity index (χ4n) is 2.83. The van der Waals surface area contributed by atoms with Gasteiger partial charge in [-0.05, 0) is 36.8 Å². The standard InChI is InChI=1S/C23H21N3S2/c1-18-12-14-21(15-13-18)27-17-22-24-25-23(26(22)20-10-6-3-7-11-20)28-16-19-8-4-2-5-9-19/h2-15H,16-17H2,1H3. The molecule has 5 heteroatoms. The van der Waals surface area contributed by atoms with Crippen molar-refractivity contribution in [2.75, 3.05) is 0 Å². The van der Waals surface area contributed by atoms with Crippen LogP contribution in [0.4, 0.5) is 0 Å². The van der Waals surface area contributed by atoms with E-state index in [2.05, 4.69) is 94.5 Å². The van der Waals surface area contributed by atoms with E-state index < -0.39 is 0 Å². The van der Waals surface area contributed by atoms with Crippen LogP contribution in [0, 0.1) is 6.92 Å². The summed E-state index contributed by atoms with van der Waals surface area (Å²) in [7, 11) is 0. The maximum Gasteiger partial charge on any atom is 0.196 e. The molecule has 140 valence electrons. The highest BCUT2D eigenvalue weighted by molar-refractivity contribution is 7.98. The lowest BCUT2D eigenvalue weighted by atomic mass is 10.2. The first-order valence-corrected chi connectivity index (χ1v) is 11.1. The number of hydrogen-bond acceptors (Lipinski definition) is 4. The van der Waals surface area contributed by atoms with Gasteiger partial charge in [-0.3, -0.25) is 4.57 Å². The summed E-state index contributed by atoms with van der Waals surface area (Å²) in [5, 5.41) is 9.93. The molecule has 0 radical (unpaired) electrons. The number of hydrogen-bond donors (Lipinski definition) is 0. The normalized spacial score (nSPS) is 10.9. The molecule has 1 aromatic heterocycles. The number of benzene rings is 3. The van der Waals surface area contributed by atoms with Crippen molar-refractivity contribution >= 4 is 23.5 Å². The Morgan fingerprint density at radius 2 is 1.39 bits per heavy atom. The fourth-order valence-corrected chi connectivity index (χ4v) is 4.57. The van der Waals surface area contributed by atoms with E-state index in [4.69, 9.17) is 0 Å². The molecule has 4 rings (SSSR count). The summed E-state index contributed by atoms with van der Waals surface area (Å²) in [4.78, 5) is 1.24. The zero-order chi connectivity index (χ0) is 19.2. The maximum absolute atomic E-state index is 4.51. The van der Waals surface area contributed by atoms with E-state index in [1.54, 1.807) is 23.5 Å². The zero-order valence-electron chi connectivity index (χ0n) is 15.7. The molecule has 3 nitrogen and oxygen atoms in total. The molecule has 0 aliphatic rings. The second-order valence-corrected chi connectivity index (χ2v) is 8.44. The summed E-state index contributed by atoms with van der Waals surface area (Å²) in [6, 6.07) is 29.4. The third-order valence-corrected chi connectivity index (χ3v) is 6.32. The second kappa shape index (κ2) is 9.13. The van der Waals surface area contributed by atoms with Gasteiger partial charge in [0.1, 0.15) is 5.82 Å². The molecular formula is C23H21N3S2. The molecular weight excluding hydrogens is 382 g/mol. The third-order valence-electron chi connectivity index (χ3n) is 4.31. The lowest BCUT2D eigenvalue weighted by Crippen LogP contribution is -2.01. The van der Waals surface area contributed by atoms with Crippen molar-refractivity contribution in [1.29, 1.82) is 0 Å². The van der Waals surface area contributed by atoms with Gasteiger partial charge in [-0.1, -0.05) is 78.0 Å². The Balaban J connectivity index is 1.57. The largest absolute Gasteiger partial charge is 0.273 e. The Hall–Kier alpha value is -2.50. The van der Waals surface area contributed by atoms with Gasteiger partial charge >= 0.3 is 0 Å². The highest BCUT2D eigenvalue weighted by Crippen LogP contribution is 2.29. The monoisotopic (exact) mass is 403 g/mol. The van der Waals surface area contributed by atoms with Crippen molar-refractivity contribution in [2.45, 2.75) is 28.5 Å². The van der Waals surface area contributed by atoms with Gasteiger partial charge < -0.3 is 0 Å². The SMILES string of the molecule is Cc1ccc(SCc2nnc(SCc3ccccc3)n2-c2ccccc2)cc1. The smallest absolute Gasteiger partial charge is 0.196 e. The van der Waals surface area contributed by atoms with E-state index in [1.165, 1.54) is 16.0 Å². The van der Waals surface area contributed by atoms with Gasteiger partial charge in [-0.15, -0.1) is 22.0 Å². The highest BCUT2D eigenvalue weighted by atomic mass is 32.2. The molecule has 3 aromatic carbocycles. The van der Waals surface area contributed by atoms with Crippen LogP contribution >= 0.6 is 23.5 Å². The van der Waals surface area contributed by atoms with Crippen LogP contribution < -0.4 is 0 Å². The fraction of sp³-hybridized carbons (Fsp3) is 0.130. The van der Waals surface area contributed by atoms with Crippen molar-refractivity contribution in [1.82, 2.24) is 14.8 Å². The van der Waals surface area contributed by atoms with Crippen molar-refractivity contribution in [2.24, 2.45) is 0 Å². The molecule has 0 bridgehead atoms. The first-order chi connectivity index (χ1) is 13.8. The lowest BCUT2D eigenvalue weighted by molar-refractivity contribution is 0.864. The van der Waals surface area contributed by atoms with E-state index in [1.807, 2.05) is 12.1 Å². The van der Waals surface area contributed by atoms with Gasteiger partial charge in [0.25, 0.3) is 0 Å². The predicted molar refractivity (Wildman–Crippen MR) is 118 cm³/mol. The topological polar surface area (TPSA) is 30.7 Å². The molecule has 0 aliphatic heterocycles. The van der Waals surface area contributed by atoms with Gasteiger partial charge in [0, 0.05) is 16.3 Å². The Morgan fingerprint density at radius 1 is 0.714 bits per heavy atom. The van der Waals surface area contributed by atoms with Crippen LogP contribution in [-0.2, 0) is 11.5 Å². The third kappa shape index (κ3) is 4.66. The molecule has 0 saturated carbocycles. The number of thioether (sulfide) groups is 2. The summed E-state index contributed by atoms with van der Waals surface area (Å²) in [5.41, 5.74) is 3.66. The van der Waals surface area contributed by atoms with Crippen molar-refractivity contribution in [3.8, 4) is 5.69 Å². The van der Waals surface area contributed by atoms with Crippen LogP contribution in [0.3, 0.4) is 0 Å². The van der Waals surface area contributed by atoms with Gasteiger partial charge in [0.2, 0.25) is 0 Å². The molecule has 0 spiro atoms. The summed E-state index contributed by atoms with van der Waals surface area (Å²) in [5.74, 6) is 2.61. The number of para-hydroxylation sites is 1. The Labute approximate surface area is 174 Å². The van der Waals surface area contributed by atoms with E-state index in [0.29, 0.717) is 0 Å². The summed E-state index contributed by atoms with van der Waals surface area (Å²) in [6.45, 7) is 2.11.